The van der Waals surface area contributed by atoms with Crippen molar-refractivity contribution in [2.45, 2.75) is 49.3 Å². The zero-order valence-electron chi connectivity index (χ0n) is 7.83. The van der Waals surface area contributed by atoms with Gasteiger partial charge in [-0.2, -0.15) is 0 Å². The second kappa shape index (κ2) is 2.95. The Bertz CT molecular complexity index is 293. The SMILES string of the molecule is NC1(CC2CCCCS2(=O)=O)CC1. The van der Waals surface area contributed by atoms with Gasteiger partial charge in [0, 0.05) is 5.54 Å². The van der Waals surface area contributed by atoms with Crippen LogP contribution in [-0.4, -0.2) is 25.0 Å². The van der Waals surface area contributed by atoms with E-state index in [1.807, 2.05) is 0 Å². The highest BCUT2D eigenvalue weighted by Gasteiger charge is 2.43. The smallest absolute Gasteiger partial charge is 0.153 e. The Labute approximate surface area is 79.6 Å². The predicted molar refractivity (Wildman–Crippen MR) is 52.2 cm³/mol. The highest BCUT2D eigenvalue weighted by atomic mass is 32.2. The molecule has 0 aromatic carbocycles. The van der Waals surface area contributed by atoms with Gasteiger partial charge in [0.25, 0.3) is 0 Å². The second-order valence-electron chi connectivity index (χ2n) is 4.55. The molecule has 13 heavy (non-hydrogen) atoms. The van der Waals surface area contributed by atoms with E-state index < -0.39 is 9.84 Å². The molecular formula is C9H17NO2S. The van der Waals surface area contributed by atoms with Gasteiger partial charge in [-0.1, -0.05) is 6.42 Å². The van der Waals surface area contributed by atoms with E-state index in [1.54, 1.807) is 0 Å². The van der Waals surface area contributed by atoms with E-state index in [2.05, 4.69) is 0 Å². The third kappa shape index (κ3) is 2.05. The number of sulfone groups is 1. The zero-order chi connectivity index (χ0) is 9.53. The number of hydrogen-bond acceptors (Lipinski definition) is 3. The Morgan fingerprint density at radius 1 is 1.31 bits per heavy atom. The number of nitrogens with two attached hydrogens (primary N) is 1. The largest absolute Gasteiger partial charge is 0.325 e. The molecule has 0 amide bonds. The average Bonchev–Trinajstić information content (AvgIpc) is 2.74. The van der Waals surface area contributed by atoms with Crippen LogP contribution < -0.4 is 5.73 Å². The molecule has 1 saturated carbocycles. The minimum absolute atomic E-state index is 0.116. The van der Waals surface area contributed by atoms with Gasteiger partial charge in [0.1, 0.15) is 0 Å². The molecule has 2 rings (SSSR count). The fourth-order valence-corrected chi connectivity index (χ4v) is 4.12. The van der Waals surface area contributed by atoms with Crippen LogP contribution in [0.5, 0.6) is 0 Å². The first kappa shape index (κ1) is 9.46. The Kier molecular flexibility index (Phi) is 2.15. The number of hydrogen-bond donors (Lipinski definition) is 1. The van der Waals surface area contributed by atoms with Gasteiger partial charge in [-0.15, -0.1) is 0 Å². The molecule has 76 valence electrons. The van der Waals surface area contributed by atoms with Crippen LogP contribution in [0.3, 0.4) is 0 Å². The van der Waals surface area contributed by atoms with Crippen LogP contribution in [0.2, 0.25) is 0 Å². The van der Waals surface area contributed by atoms with Gasteiger partial charge in [0.15, 0.2) is 9.84 Å². The van der Waals surface area contributed by atoms with Gasteiger partial charge in [-0.05, 0) is 32.1 Å². The molecule has 1 atom stereocenters. The summed E-state index contributed by atoms with van der Waals surface area (Å²) in [5.41, 5.74) is 5.82. The molecule has 1 aliphatic heterocycles. The van der Waals surface area contributed by atoms with Crippen molar-refractivity contribution in [2.24, 2.45) is 5.73 Å². The molecule has 1 heterocycles. The van der Waals surface area contributed by atoms with E-state index in [0.29, 0.717) is 12.2 Å². The fourth-order valence-electron chi connectivity index (χ4n) is 2.07. The molecule has 0 spiro atoms. The molecule has 2 fully saturated rings. The van der Waals surface area contributed by atoms with Gasteiger partial charge in [-0.25, -0.2) is 8.42 Å². The third-order valence-corrected chi connectivity index (χ3v) is 5.52. The van der Waals surface area contributed by atoms with Crippen molar-refractivity contribution in [3.05, 3.63) is 0 Å². The summed E-state index contributed by atoms with van der Waals surface area (Å²) in [5.74, 6) is 0.383. The van der Waals surface area contributed by atoms with Crippen LogP contribution >= 0.6 is 0 Å². The Balaban J connectivity index is 2.04. The Morgan fingerprint density at radius 3 is 2.54 bits per heavy atom. The lowest BCUT2D eigenvalue weighted by molar-refractivity contribution is 0.491. The second-order valence-corrected chi connectivity index (χ2v) is 6.95. The molecule has 0 bridgehead atoms. The molecule has 3 nitrogen and oxygen atoms in total. The lowest BCUT2D eigenvalue weighted by atomic mass is 10.1. The van der Waals surface area contributed by atoms with Crippen LogP contribution in [-0.2, 0) is 9.84 Å². The van der Waals surface area contributed by atoms with Crippen LogP contribution in [0.1, 0.15) is 38.5 Å². The summed E-state index contributed by atoms with van der Waals surface area (Å²) in [5, 5.41) is -0.131. The normalized spacial score (nSPS) is 35.6. The first-order valence-corrected chi connectivity index (χ1v) is 6.74. The molecule has 0 aromatic heterocycles. The van der Waals surface area contributed by atoms with Crippen LogP contribution in [0.25, 0.3) is 0 Å². The van der Waals surface area contributed by atoms with Gasteiger partial charge in [-0.3, -0.25) is 0 Å². The van der Waals surface area contributed by atoms with Gasteiger partial charge in [0.2, 0.25) is 0 Å². The predicted octanol–water partition coefficient (Wildman–Crippen LogP) is 0.835. The minimum atomic E-state index is -2.80. The van der Waals surface area contributed by atoms with E-state index in [4.69, 9.17) is 5.73 Å². The molecule has 2 aliphatic rings. The lowest BCUT2D eigenvalue weighted by Crippen LogP contribution is -2.36. The molecule has 1 aliphatic carbocycles. The van der Waals surface area contributed by atoms with E-state index >= 15 is 0 Å². The van der Waals surface area contributed by atoms with Crippen LogP contribution in [0.4, 0.5) is 0 Å². The maximum atomic E-state index is 11.6. The number of rotatable bonds is 2. The summed E-state index contributed by atoms with van der Waals surface area (Å²) < 4.78 is 23.3. The van der Waals surface area contributed by atoms with Gasteiger partial charge < -0.3 is 5.73 Å². The molecule has 1 saturated heterocycles. The van der Waals surface area contributed by atoms with E-state index in [0.717, 1.165) is 32.1 Å². The van der Waals surface area contributed by atoms with E-state index in [1.165, 1.54) is 0 Å². The van der Waals surface area contributed by atoms with Gasteiger partial charge >= 0.3 is 0 Å². The fraction of sp³-hybridized carbons (Fsp3) is 1.00. The monoisotopic (exact) mass is 203 g/mol. The third-order valence-electron chi connectivity index (χ3n) is 3.24. The molecule has 0 radical (unpaired) electrons. The summed E-state index contributed by atoms with van der Waals surface area (Å²) in [7, 11) is -2.80. The maximum absolute atomic E-state index is 11.6. The summed E-state index contributed by atoms with van der Waals surface area (Å²) in [4.78, 5) is 0. The highest BCUT2D eigenvalue weighted by molar-refractivity contribution is 7.92. The summed E-state index contributed by atoms with van der Waals surface area (Å²) >= 11 is 0. The minimum Gasteiger partial charge on any atom is -0.325 e. The maximum Gasteiger partial charge on any atom is 0.153 e. The van der Waals surface area contributed by atoms with E-state index in [9.17, 15) is 8.42 Å². The summed E-state index contributed by atoms with van der Waals surface area (Å²) in [6.07, 6.45) is 5.46. The van der Waals surface area contributed by atoms with E-state index in [-0.39, 0.29) is 10.8 Å². The average molecular weight is 203 g/mol. The van der Waals surface area contributed by atoms with Crippen molar-refractivity contribution in [2.75, 3.05) is 5.75 Å². The van der Waals surface area contributed by atoms with Crippen molar-refractivity contribution in [1.82, 2.24) is 0 Å². The first-order valence-electron chi connectivity index (χ1n) is 5.02. The summed E-state index contributed by atoms with van der Waals surface area (Å²) in [6.45, 7) is 0. The zero-order valence-corrected chi connectivity index (χ0v) is 8.65. The molecule has 4 heteroatoms. The molecular weight excluding hydrogens is 186 g/mol. The highest BCUT2D eigenvalue weighted by Crippen LogP contribution is 2.40. The molecule has 1 unspecified atom stereocenters. The molecule has 2 N–H and O–H groups in total. The van der Waals surface area contributed by atoms with Crippen molar-refractivity contribution in [3.8, 4) is 0 Å². The van der Waals surface area contributed by atoms with Gasteiger partial charge in [0.05, 0.1) is 11.0 Å². The topological polar surface area (TPSA) is 60.2 Å². The van der Waals surface area contributed by atoms with Crippen molar-refractivity contribution >= 4 is 9.84 Å². The van der Waals surface area contributed by atoms with Crippen molar-refractivity contribution < 1.29 is 8.42 Å². The van der Waals surface area contributed by atoms with Crippen LogP contribution in [0, 0.1) is 0 Å². The quantitative estimate of drug-likeness (QED) is 0.723. The Hall–Kier alpha value is -0.0900. The summed E-state index contributed by atoms with van der Waals surface area (Å²) in [6, 6.07) is 0. The van der Waals surface area contributed by atoms with Crippen molar-refractivity contribution in [1.29, 1.82) is 0 Å². The Morgan fingerprint density at radius 2 is 2.00 bits per heavy atom. The lowest BCUT2D eigenvalue weighted by Gasteiger charge is -2.24. The molecule has 0 aromatic rings. The van der Waals surface area contributed by atoms with Crippen LogP contribution in [0.15, 0.2) is 0 Å². The first-order chi connectivity index (χ1) is 6.02. The standard InChI is InChI=1S/C9H17NO2S/c10-9(4-5-9)7-8-3-1-2-6-13(8,11)12/h8H,1-7,10H2. The van der Waals surface area contributed by atoms with Crippen molar-refractivity contribution in [3.63, 3.8) is 0 Å².